The van der Waals surface area contributed by atoms with Gasteiger partial charge in [0.25, 0.3) is 0 Å². The monoisotopic (exact) mass is 490 g/mol. The third kappa shape index (κ3) is 3.40. The van der Waals surface area contributed by atoms with Gasteiger partial charge in [-0.05, 0) is 103 Å². The maximum absolute atomic E-state index is 3.65. The van der Waals surface area contributed by atoms with Crippen molar-refractivity contribution < 1.29 is 0 Å². The van der Waals surface area contributed by atoms with Gasteiger partial charge in [0.2, 0.25) is 0 Å². The van der Waals surface area contributed by atoms with Crippen LogP contribution in [-0.2, 0) is 6.42 Å². The van der Waals surface area contributed by atoms with E-state index < -0.39 is 0 Å². The third-order valence-corrected chi connectivity index (χ3v) is 8.65. The van der Waals surface area contributed by atoms with Crippen molar-refractivity contribution >= 4 is 38.8 Å². The van der Waals surface area contributed by atoms with Gasteiger partial charge < -0.3 is 9.55 Å². The van der Waals surface area contributed by atoms with Crippen LogP contribution in [0.1, 0.15) is 48.4 Å². The van der Waals surface area contributed by atoms with Crippen molar-refractivity contribution in [3.63, 3.8) is 0 Å². The summed E-state index contributed by atoms with van der Waals surface area (Å²) in [4.78, 5) is 3.65. The Balaban J connectivity index is 1.28. The maximum atomic E-state index is 3.65. The SMILES string of the molecule is C1=Cc2c(n(-c3ccccc3)c3ccc(-c4ccc5[nH]c6ccc(C7CC=CCC7)cc6c5c4)cc23)CC1. The summed E-state index contributed by atoms with van der Waals surface area (Å²) >= 11 is 0. The van der Waals surface area contributed by atoms with E-state index in [0.717, 1.165) is 19.3 Å². The molecule has 0 saturated heterocycles. The Morgan fingerprint density at radius 2 is 1.47 bits per heavy atom. The molecule has 2 heterocycles. The second-order valence-electron chi connectivity index (χ2n) is 10.9. The summed E-state index contributed by atoms with van der Waals surface area (Å²) in [6, 6.07) is 31.8. The summed E-state index contributed by atoms with van der Waals surface area (Å²) in [5.41, 5.74) is 11.8. The van der Waals surface area contributed by atoms with Crippen LogP contribution in [0, 0.1) is 0 Å². The molecule has 38 heavy (non-hydrogen) atoms. The molecule has 1 N–H and O–H groups in total. The molecule has 0 spiro atoms. The fraction of sp³-hybridized carbons (Fsp3) is 0.167. The van der Waals surface area contributed by atoms with Gasteiger partial charge in [-0.3, -0.25) is 0 Å². The largest absolute Gasteiger partial charge is 0.355 e. The van der Waals surface area contributed by atoms with E-state index in [1.54, 1.807) is 0 Å². The molecule has 2 aliphatic carbocycles. The molecule has 6 aromatic rings. The Kier molecular flexibility index (Phi) is 4.94. The van der Waals surface area contributed by atoms with Crippen LogP contribution in [0.25, 0.3) is 55.6 Å². The van der Waals surface area contributed by atoms with E-state index in [4.69, 9.17) is 0 Å². The molecule has 0 fully saturated rings. The molecule has 2 heteroatoms. The molecule has 8 rings (SSSR count). The van der Waals surface area contributed by atoms with Crippen LogP contribution in [0.3, 0.4) is 0 Å². The molecule has 2 aromatic heterocycles. The van der Waals surface area contributed by atoms with Crippen LogP contribution in [-0.4, -0.2) is 9.55 Å². The first-order valence-electron chi connectivity index (χ1n) is 13.9. The average Bonchev–Trinajstić information content (AvgIpc) is 3.52. The number of aromatic nitrogens is 2. The van der Waals surface area contributed by atoms with Gasteiger partial charge in [0.05, 0.1) is 5.52 Å². The second kappa shape index (κ2) is 8.63. The van der Waals surface area contributed by atoms with Crippen LogP contribution in [0.5, 0.6) is 0 Å². The standard InChI is InChI=1S/C36H30N2/c1-3-9-24(10-4-1)25-15-18-33-30(21-25)31-22-26(16-19-34(31)37-33)27-17-20-36-32(23-27)29-13-7-8-14-35(29)38(36)28-11-5-2-6-12-28/h1-3,5-7,11-13,15-24,37H,4,8-10,14H2. The first-order valence-corrected chi connectivity index (χ1v) is 13.9. The molecule has 1 atom stereocenters. The highest BCUT2D eigenvalue weighted by Crippen LogP contribution is 2.38. The molecule has 0 bridgehead atoms. The summed E-state index contributed by atoms with van der Waals surface area (Å²) in [7, 11) is 0. The lowest BCUT2D eigenvalue weighted by Crippen LogP contribution is -2.02. The summed E-state index contributed by atoms with van der Waals surface area (Å²) in [5, 5.41) is 3.99. The summed E-state index contributed by atoms with van der Waals surface area (Å²) < 4.78 is 2.46. The number of para-hydroxylation sites is 1. The Hall–Kier alpha value is -4.30. The first-order chi connectivity index (χ1) is 18.8. The van der Waals surface area contributed by atoms with Crippen LogP contribution in [0.2, 0.25) is 0 Å². The van der Waals surface area contributed by atoms with Gasteiger partial charge in [-0.2, -0.15) is 0 Å². The van der Waals surface area contributed by atoms with Gasteiger partial charge in [-0.1, -0.05) is 60.7 Å². The van der Waals surface area contributed by atoms with Crippen molar-refractivity contribution in [3.05, 3.63) is 120 Å². The fourth-order valence-corrected chi connectivity index (χ4v) is 6.72. The quantitative estimate of drug-likeness (QED) is 0.238. The number of rotatable bonds is 3. The number of aromatic amines is 1. The van der Waals surface area contributed by atoms with Crippen molar-refractivity contribution in [1.29, 1.82) is 0 Å². The van der Waals surface area contributed by atoms with Crippen LogP contribution < -0.4 is 0 Å². The smallest absolute Gasteiger partial charge is 0.0538 e. The normalized spacial score (nSPS) is 17.0. The number of hydrogen-bond donors (Lipinski definition) is 1. The van der Waals surface area contributed by atoms with Gasteiger partial charge >= 0.3 is 0 Å². The minimum Gasteiger partial charge on any atom is -0.355 e. The lowest BCUT2D eigenvalue weighted by molar-refractivity contribution is 0.618. The molecule has 0 amide bonds. The van der Waals surface area contributed by atoms with Crippen molar-refractivity contribution in [1.82, 2.24) is 9.55 Å². The predicted octanol–water partition coefficient (Wildman–Crippen LogP) is 9.72. The molecule has 0 radical (unpaired) electrons. The Morgan fingerprint density at radius 3 is 2.32 bits per heavy atom. The number of H-pyrrole nitrogens is 1. The highest BCUT2D eigenvalue weighted by Gasteiger charge is 2.19. The molecule has 2 aliphatic rings. The van der Waals surface area contributed by atoms with Crippen LogP contribution in [0.4, 0.5) is 0 Å². The fourth-order valence-electron chi connectivity index (χ4n) is 6.72. The molecular weight excluding hydrogens is 460 g/mol. The van der Waals surface area contributed by atoms with Crippen molar-refractivity contribution in [2.75, 3.05) is 0 Å². The van der Waals surface area contributed by atoms with E-state index in [2.05, 4.69) is 119 Å². The Bertz CT molecular complexity index is 1890. The van der Waals surface area contributed by atoms with E-state index in [1.165, 1.54) is 79.2 Å². The van der Waals surface area contributed by atoms with Crippen LogP contribution >= 0.6 is 0 Å². The first kappa shape index (κ1) is 21.8. The van der Waals surface area contributed by atoms with E-state index in [9.17, 15) is 0 Å². The van der Waals surface area contributed by atoms with Crippen molar-refractivity contribution in [3.8, 4) is 16.8 Å². The number of hydrogen-bond acceptors (Lipinski definition) is 0. The molecule has 2 nitrogen and oxygen atoms in total. The lowest BCUT2D eigenvalue weighted by Gasteiger charge is -2.18. The second-order valence-corrected chi connectivity index (χ2v) is 10.9. The molecule has 0 saturated carbocycles. The summed E-state index contributed by atoms with van der Waals surface area (Å²) in [5.74, 6) is 0.632. The maximum Gasteiger partial charge on any atom is 0.0538 e. The van der Waals surface area contributed by atoms with E-state index >= 15 is 0 Å². The average molecular weight is 491 g/mol. The van der Waals surface area contributed by atoms with Crippen molar-refractivity contribution in [2.45, 2.75) is 38.0 Å². The van der Waals surface area contributed by atoms with E-state index in [-0.39, 0.29) is 0 Å². The summed E-state index contributed by atoms with van der Waals surface area (Å²) in [6.45, 7) is 0. The minimum atomic E-state index is 0.632. The molecular formula is C36H30N2. The number of fused-ring (bicyclic) bond motifs is 6. The zero-order chi connectivity index (χ0) is 25.1. The predicted molar refractivity (Wildman–Crippen MR) is 161 cm³/mol. The Labute approximate surface area is 222 Å². The van der Waals surface area contributed by atoms with Gasteiger partial charge in [0, 0.05) is 44.1 Å². The summed E-state index contributed by atoms with van der Waals surface area (Å²) in [6.07, 6.45) is 15.1. The minimum absolute atomic E-state index is 0.632. The molecule has 184 valence electrons. The van der Waals surface area contributed by atoms with E-state index in [1.807, 2.05) is 0 Å². The van der Waals surface area contributed by atoms with Gasteiger partial charge in [0.1, 0.15) is 0 Å². The van der Waals surface area contributed by atoms with Gasteiger partial charge in [-0.15, -0.1) is 0 Å². The zero-order valence-corrected chi connectivity index (χ0v) is 21.5. The number of nitrogens with one attached hydrogen (secondary N) is 1. The van der Waals surface area contributed by atoms with Crippen molar-refractivity contribution in [2.24, 2.45) is 0 Å². The molecule has 0 aliphatic heterocycles. The van der Waals surface area contributed by atoms with Crippen LogP contribution in [0.15, 0.2) is 103 Å². The number of allylic oxidation sites excluding steroid dienone is 3. The zero-order valence-electron chi connectivity index (χ0n) is 21.5. The number of nitrogens with zero attached hydrogens (tertiary/aromatic N) is 1. The lowest BCUT2D eigenvalue weighted by atomic mass is 9.87. The Morgan fingerprint density at radius 1 is 0.684 bits per heavy atom. The highest BCUT2D eigenvalue weighted by atomic mass is 15.0. The molecule has 4 aromatic carbocycles. The van der Waals surface area contributed by atoms with Gasteiger partial charge in [0.15, 0.2) is 0 Å². The topological polar surface area (TPSA) is 20.7 Å². The van der Waals surface area contributed by atoms with E-state index in [0.29, 0.717) is 5.92 Å². The third-order valence-electron chi connectivity index (χ3n) is 8.65. The molecule has 1 unspecified atom stereocenters. The number of benzene rings is 4. The van der Waals surface area contributed by atoms with Gasteiger partial charge in [-0.25, -0.2) is 0 Å². The highest BCUT2D eigenvalue weighted by molar-refractivity contribution is 6.09.